The number of carboxylic acids is 3. The molecule has 24 nitrogen and oxygen atoms in total. The Balaban J connectivity index is 2.05. The van der Waals surface area contributed by atoms with Gasteiger partial charge in [0.1, 0.15) is 54.6 Å². The summed E-state index contributed by atoms with van der Waals surface area (Å²) in [6.45, 7) is 6.18. The van der Waals surface area contributed by atoms with Gasteiger partial charge in [0.05, 0.1) is 12.5 Å². The Bertz CT molecular complexity index is 2050. The molecule has 3 rings (SSSR count). The molecule has 13 N–H and O–H groups in total. The number of phenolic OH excluding ortho intramolecular Hbond substituents is 1. The van der Waals surface area contributed by atoms with E-state index in [-0.39, 0.29) is 49.0 Å². The van der Waals surface area contributed by atoms with Crippen LogP contribution in [0.3, 0.4) is 0 Å². The van der Waals surface area contributed by atoms with E-state index in [0.717, 1.165) is 21.6 Å². The molecule has 2 aliphatic rings. The van der Waals surface area contributed by atoms with Gasteiger partial charge >= 0.3 is 17.9 Å². The number of hydrogen-bond donors (Lipinski definition) is 12. The minimum Gasteiger partial charge on any atom is -0.508 e. The number of nitrogens with zero attached hydrogens (tertiary/aromatic N) is 1. The average Bonchev–Trinajstić information content (AvgIpc) is 3.78. The minimum atomic E-state index is -1.92. The second-order valence-corrected chi connectivity index (χ2v) is 19.7. The van der Waals surface area contributed by atoms with E-state index < -0.39 is 145 Å². The number of phenols is 1. The Kier molecular flexibility index (Phi) is 23.0. The van der Waals surface area contributed by atoms with Crippen molar-refractivity contribution in [3.05, 3.63) is 29.8 Å². The highest BCUT2D eigenvalue weighted by Crippen LogP contribution is 2.26. The predicted molar refractivity (Wildman–Crippen MR) is 250 cm³/mol. The quantitative estimate of drug-likeness (QED) is 0.0765. The molecular weight excluding hydrogens is 947 g/mol. The summed E-state index contributed by atoms with van der Waals surface area (Å²) in [4.78, 5) is 147. The maximum Gasteiger partial charge on any atom is 0.322 e. The Morgan fingerprint density at radius 2 is 1.39 bits per heavy atom. The van der Waals surface area contributed by atoms with Crippen molar-refractivity contribution in [3.63, 3.8) is 0 Å². The van der Waals surface area contributed by atoms with Crippen molar-refractivity contribution < 1.29 is 73.2 Å². The number of carbonyl (C=O) groups is 11. The van der Waals surface area contributed by atoms with Crippen LogP contribution in [0.25, 0.3) is 0 Å². The molecule has 0 radical (unpaired) electrons. The highest BCUT2D eigenvalue weighted by Gasteiger charge is 2.41. The Labute approximate surface area is 405 Å². The van der Waals surface area contributed by atoms with E-state index in [4.69, 9.17) is 10.8 Å². The molecule has 0 bridgehead atoms. The third-order valence-electron chi connectivity index (χ3n) is 11.2. The molecule has 0 saturated carbocycles. The number of rotatable bonds is 17. The van der Waals surface area contributed by atoms with Crippen LogP contribution in [-0.4, -0.2) is 163 Å². The molecule has 1 aromatic carbocycles. The Morgan fingerprint density at radius 1 is 0.783 bits per heavy atom. The van der Waals surface area contributed by atoms with Crippen molar-refractivity contribution in [1.82, 2.24) is 42.1 Å². The van der Waals surface area contributed by atoms with Crippen LogP contribution in [0, 0.1) is 11.8 Å². The maximum absolute atomic E-state index is 14.4. The minimum absolute atomic E-state index is 0.00296. The largest absolute Gasteiger partial charge is 0.508 e. The molecule has 8 amide bonds. The molecule has 2 aliphatic heterocycles. The van der Waals surface area contributed by atoms with Gasteiger partial charge in [0, 0.05) is 30.9 Å². The number of carboxylic acid groups (broad SMARTS) is 3. The number of benzene rings is 1. The Morgan fingerprint density at radius 3 is 2.00 bits per heavy atom. The number of nitrogens with two attached hydrogens (primary N) is 1. The van der Waals surface area contributed by atoms with Crippen molar-refractivity contribution in [1.29, 1.82) is 0 Å². The molecule has 0 aromatic heterocycles. The van der Waals surface area contributed by atoms with Crippen LogP contribution in [0.2, 0.25) is 0 Å². The normalized spacial score (nSPS) is 24.3. The van der Waals surface area contributed by atoms with Gasteiger partial charge in [-0.2, -0.15) is 0 Å². The monoisotopic (exact) mass is 1010 g/mol. The molecule has 1 aromatic rings. The smallest absolute Gasteiger partial charge is 0.322 e. The van der Waals surface area contributed by atoms with Gasteiger partial charge < -0.3 is 68.3 Å². The summed E-state index contributed by atoms with van der Waals surface area (Å²) in [7, 11) is 1.96. The molecule has 2 fully saturated rings. The van der Waals surface area contributed by atoms with Crippen molar-refractivity contribution >= 4 is 86.8 Å². The summed E-state index contributed by atoms with van der Waals surface area (Å²) in [5.74, 6) is -12.7. The summed E-state index contributed by atoms with van der Waals surface area (Å²) in [6, 6.07) is -5.74. The number of aromatic hydroxyl groups is 1. The van der Waals surface area contributed by atoms with Crippen LogP contribution in [0.4, 0.5) is 0 Å². The van der Waals surface area contributed by atoms with Gasteiger partial charge in [-0.1, -0.05) is 67.8 Å². The summed E-state index contributed by atoms with van der Waals surface area (Å²) in [5, 5.41) is 55.5. The number of nitrogens with one attached hydrogen (secondary N) is 7. The number of amides is 8. The maximum atomic E-state index is 14.4. The summed E-state index contributed by atoms with van der Waals surface area (Å²) >= 11 is 0. The van der Waals surface area contributed by atoms with E-state index in [1.165, 1.54) is 29.2 Å². The van der Waals surface area contributed by atoms with Crippen molar-refractivity contribution in [2.75, 3.05) is 24.6 Å². The number of hydrogen-bond acceptors (Lipinski definition) is 15. The van der Waals surface area contributed by atoms with Gasteiger partial charge in [-0.05, 0) is 55.2 Å². The molecule has 2 saturated heterocycles. The number of aliphatic carboxylic acids is 3. The lowest BCUT2D eigenvalue weighted by Gasteiger charge is -2.31. The van der Waals surface area contributed by atoms with Crippen LogP contribution in [0.15, 0.2) is 24.3 Å². The zero-order valence-electron chi connectivity index (χ0n) is 38.7. The van der Waals surface area contributed by atoms with Gasteiger partial charge in [0.2, 0.25) is 47.3 Å². The van der Waals surface area contributed by atoms with Crippen molar-refractivity contribution in [2.45, 2.75) is 127 Å². The van der Waals surface area contributed by atoms with Crippen LogP contribution < -0.4 is 43.0 Å². The van der Waals surface area contributed by atoms with Crippen LogP contribution in [-0.2, 0) is 59.2 Å². The van der Waals surface area contributed by atoms with Gasteiger partial charge in [-0.25, -0.2) is 0 Å². The van der Waals surface area contributed by atoms with Gasteiger partial charge in [-0.15, -0.1) is 0 Å². The highest BCUT2D eigenvalue weighted by atomic mass is 33.1. The lowest BCUT2D eigenvalue weighted by atomic mass is 9.96. The lowest BCUT2D eigenvalue weighted by Crippen LogP contribution is -2.61. The molecule has 2 heterocycles. The fourth-order valence-corrected chi connectivity index (χ4v) is 9.56. The summed E-state index contributed by atoms with van der Waals surface area (Å²) in [5.41, 5.74) is 6.78. The van der Waals surface area contributed by atoms with E-state index in [1.54, 1.807) is 27.7 Å². The number of carbonyl (C=O) groups excluding carboxylic acids is 8. The molecule has 9 atom stereocenters. The van der Waals surface area contributed by atoms with Crippen molar-refractivity contribution in [3.8, 4) is 5.75 Å². The molecule has 69 heavy (non-hydrogen) atoms. The molecule has 0 aliphatic carbocycles. The first-order chi connectivity index (χ1) is 32.5. The van der Waals surface area contributed by atoms with E-state index in [1.807, 2.05) is 0 Å². The van der Waals surface area contributed by atoms with Crippen molar-refractivity contribution in [2.24, 2.45) is 17.6 Å². The lowest BCUT2D eigenvalue weighted by molar-refractivity contribution is -0.143. The van der Waals surface area contributed by atoms with E-state index in [0.29, 0.717) is 18.4 Å². The van der Waals surface area contributed by atoms with Crippen LogP contribution in [0.1, 0.15) is 78.2 Å². The molecule has 26 heteroatoms. The van der Waals surface area contributed by atoms with Gasteiger partial charge in [-0.3, -0.25) is 52.7 Å². The first-order valence-corrected chi connectivity index (χ1v) is 24.8. The fourth-order valence-electron chi connectivity index (χ4n) is 7.29. The third kappa shape index (κ3) is 18.7. The standard InChI is InChI=1S/C43H63N9O15S2/c1-5-22(4)35-42(66)46-26(12-13-32(54)55)38(62)48-29(17-33(56)57)39(63)50-30(20-69-68-19-25(44)36(60)47-28(40(64)51-35)16-23-8-10-24(53)11-9-23)43(67)52-14-6-7-31(52)41(65)49-27(15-21(2)3)37(61)45-18-34(58)59/h8-11,21-22,25-31,35,53H,5-7,12-20,44H2,1-4H3,(H,45,61)(H,46,66)(H,47,60)(H,48,62)(H,49,65)(H,50,63)(H,51,64)(H,54,55)(H,56,57)(H,58,59)/t22-,25-,26-,27-,28-,29-,30-,31-,35-/m0/s1. The zero-order valence-corrected chi connectivity index (χ0v) is 40.3. The first kappa shape index (κ1) is 57.2. The third-order valence-corrected chi connectivity index (χ3v) is 13.7. The first-order valence-electron chi connectivity index (χ1n) is 22.3. The molecule has 0 unspecified atom stereocenters. The van der Waals surface area contributed by atoms with Gasteiger partial charge in [0.25, 0.3) is 0 Å². The molecular formula is C43H63N9O15S2. The second kappa shape index (κ2) is 27.7. The average molecular weight is 1010 g/mol. The zero-order chi connectivity index (χ0) is 51.5. The summed E-state index contributed by atoms with van der Waals surface area (Å²) in [6.07, 6.45) is -1.57. The van der Waals surface area contributed by atoms with E-state index in [2.05, 4.69) is 37.2 Å². The molecule has 382 valence electrons. The molecule has 0 spiro atoms. The van der Waals surface area contributed by atoms with Crippen LogP contribution in [0.5, 0.6) is 5.75 Å². The van der Waals surface area contributed by atoms with Gasteiger partial charge in [0.15, 0.2) is 0 Å². The highest BCUT2D eigenvalue weighted by molar-refractivity contribution is 8.76. The second-order valence-electron chi connectivity index (χ2n) is 17.2. The predicted octanol–water partition coefficient (Wildman–Crippen LogP) is -1.81. The fraction of sp³-hybridized carbons (Fsp3) is 0.605. The van der Waals surface area contributed by atoms with E-state index >= 15 is 0 Å². The SMILES string of the molecule is CC[C@H](C)[C@@H]1NC(=O)[C@H](Cc2ccc(O)cc2)NC(=O)[C@@H](N)CSSC[C@@H](C(=O)N2CCC[C@H]2C(=O)N[C@@H](CC(C)C)C(=O)NCC(=O)O)NC(=O)[C@H](CC(=O)O)NC(=O)[C@H](CCC(=O)O)NC1=O. The Hall–Kier alpha value is -6.15. The topological polar surface area (TPSA) is 382 Å². The van der Waals surface area contributed by atoms with Crippen LogP contribution >= 0.6 is 21.6 Å². The summed E-state index contributed by atoms with van der Waals surface area (Å²) < 4.78 is 0. The van der Waals surface area contributed by atoms with E-state index in [9.17, 15) is 68.1 Å². The number of likely N-dealkylation sites (tertiary alicyclic amines) is 1.